The Morgan fingerprint density at radius 2 is 1.35 bits per heavy atom. The Hall–Kier alpha value is -4.90. The maximum absolute atomic E-state index is 5.10. The first-order chi connectivity index (χ1) is 18.3. The van der Waals surface area contributed by atoms with Gasteiger partial charge in [0.05, 0.1) is 34.8 Å². The molecule has 5 heteroatoms. The number of hydrogen-bond donors (Lipinski definition) is 0. The van der Waals surface area contributed by atoms with Gasteiger partial charge in [-0.25, -0.2) is 9.97 Å². The van der Waals surface area contributed by atoms with E-state index in [9.17, 15) is 0 Å². The Balaban J connectivity index is 1.36. The first-order valence-electron chi connectivity index (χ1n) is 12.4. The molecule has 6 aromatic rings. The zero-order chi connectivity index (χ0) is 24.8. The second-order valence-corrected chi connectivity index (χ2v) is 9.31. The number of pyridine rings is 1. The number of nitrogens with zero attached hydrogens (tertiary/aromatic N) is 5. The molecule has 0 N–H and O–H groups in total. The van der Waals surface area contributed by atoms with E-state index in [1.54, 1.807) is 0 Å². The zero-order valence-corrected chi connectivity index (χ0v) is 20.5. The summed E-state index contributed by atoms with van der Waals surface area (Å²) in [5.41, 5.74) is 8.58. The van der Waals surface area contributed by atoms with Crippen molar-refractivity contribution in [1.29, 1.82) is 0 Å². The van der Waals surface area contributed by atoms with E-state index in [-0.39, 0.29) is 0 Å². The zero-order valence-electron chi connectivity index (χ0n) is 20.5. The molecule has 0 atom stereocenters. The van der Waals surface area contributed by atoms with Crippen molar-refractivity contribution in [2.45, 2.75) is 0 Å². The van der Waals surface area contributed by atoms with Crippen LogP contribution in [0, 0.1) is 0 Å². The second-order valence-electron chi connectivity index (χ2n) is 9.31. The molecule has 0 saturated heterocycles. The van der Waals surface area contributed by atoms with Crippen molar-refractivity contribution in [2.24, 2.45) is 0 Å². The molecular formula is C32H25N5. The van der Waals surface area contributed by atoms with Crippen molar-refractivity contribution in [1.82, 2.24) is 14.5 Å². The molecule has 0 radical (unpaired) electrons. The van der Waals surface area contributed by atoms with E-state index in [0.29, 0.717) is 0 Å². The van der Waals surface area contributed by atoms with Crippen LogP contribution >= 0.6 is 0 Å². The van der Waals surface area contributed by atoms with Gasteiger partial charge in [0.25, 0.3) is 0 Å². The van der Waals surface area contributed by atoms with Crippen molar-refractivity contribution in [3.8, 4) is 28.3 Å². The van der Waals surface area contributed by atoms with E-state index in [1.165, 1.54) is 11.4 Å². The van der Waals surface area contributed by atoms with Gasteiger partial charge in [-0.1, -0.05) is 72.8 Å². The van der Waals surface area contributed by atoms with Gasteiger partial charge in [0.2, 0.25) is 0 Å². The summed E-state index contributed by atoms with van der Waals surface area (Å²) in [6.07, 6.45) is 0. The van der Waals surface area contributed by atoms with Gasteiger partial charge in [0.1, 0.15) is 11.6 Å². The summed E-state index contributed by atoms with van der Waals surface area (Å²) in [7, 11) is 2.12. The third-order valence-corrected chi connectivity index (χ3v) is 6.94. The van der Waals surface area contributed by atoms with Crippen LogP contribution in [0.4, 0.5) is 17.2 Å². The molecular weight excluding hydrogens is 454 g/mol. The lowest BCUT2D eigenvalue weighted by Gasteiger charge is -2.19. The summed E-state index contributed by atoms with van der Waals surface area (Å²) < 4.78 is 2.24. The van der Waals surface area contributed by atoms with E-state index in [4.69, 9.17) is 9.97 Å². The summed E-state index contributed by atoms with van der Waals surface area (Å²) in [4.78, 5) is 14.7. The van der Waals surface area contributed by atoms with Crippen LogP contribution in [-0.2, 0) is 0 Å². The van der Waals surface area contributed by atoms with Crippen LogP contribution < -0.4 is 9.80 Å². The fourth-order valence-corrected chi connectivity index (χ4v) is 5.16. The highest BCUT2D eigenvalue weighted by atomic mass is 15.4. The first kappa shape index (κ1) is 21.4. The third kappa shape index (κ3) is 3.64. The quantitative estimate of drug-likeness (QED) is 0.266. The van der Waals surface area contributed by atoms with Crippen molar-refractivity contribution in [3.63, 3.8) is 0 Å². The van der Waals surface area contributed by atoms with Gasteiger partial charge in [-0.05, 0) is 48.5 Å². The number of para-hydroxylation sites is 3. The van der Waals surface area contributed by atoms with Crippen molar-refractivity contribution in [3.05, 3.63) is 121 Å². The highest BCUT2D eigenvalue weighted by molar-refractivity contribution is 5.87. The maximum atomic E-state index is 5.10. The van der Waals surface area contributed by atoms with Crippen LogP contribution in [0.3, 0.4) is 0 Å². The average Bonchev–Trinajstić information content (AvgIpc) is 3.52. The molecule has 0 amide bonds. The van der Waals surface area contributed by atoms with Crippen LogP contribution in [0.5, 0.6) is 0 Å². The van der Waals surface area contributed by atoms with Crippen molar-refractivity contribution >= 4 is 28.2 Å². The standard InChI is InChI=1S/C32H25N5/c1-35-22-36(29-17-9-8-16-28(29)35)31-18-10-15-26(33-31)24-19-20-27-30(21-24)37(25-13-6-3-7-14-25)32(34-27)23-11-4-2-5-12-23/h2-21H,22H2,1H3. The molecule has 1 aliphatic rings. The topological polar surface area (TPSA) is 37.2 Å². The van der Waals surface area contributed by atoms with Crippen LogP contribution in [0.15, 0.2) is 121 Å². The van der Waals surface area contributed by atoms with Crippen LogP contribution in [-0.4, -0.2) is 28.3 Å². The Labute approximate surface area is 215 Å². The predicted molar refractivity (Wildman–Crippen MR) is 152 cm³/mol. The molecule has 0 saturated carbocycles. The van der Waals surface area contributed by atoms with Crippen LogP contribution in [0.2, 0.25) is 0 Å². The molecule has 0 spiro atoms. The van der Waals surface area contributed by atoms with Crippen molar-refractivity contribution in [2.75, 3.05) is 23.5 Å². The third-order valence-electron chi connectivity index (χ3n) is 6.94. The van der Waals surface area contributed by atoms with E-state index >= 15 is 0 Å². The highest BCUT2D eigenvalue weighted by Crippen LogP contribution is 2.39. The van der Waals surface area contributed by atoms with Crippen LogP contribution in [0.25, 0.3) is 39.4 Å². The predicted octanol–water partition coefficient (Wildman–Crippen LogP) is 7.30. The minimum Gasteiger partial charge on any atom is -0.355 e. The number of aromatic nitrogens is 3. The monoisotopic (exact) mass is 479 g/mol. The molecule has 5 nitrogen and oxygen atoms in total. The molecule has 0 unspecified atom stereocenters. The lowest BCUT2D eigenvalue weighted by atomic mass is 10.1. The van der Waals surface area contributed by atoms with Gasteiger partial charge in [-0.15, -0.1) is 0 Å². The molecule has 1 aliphatic heterocycles. The molecule has 178 valence electrons. The number of benzene rings is 4. The number of hydrogen-bond acceptors (Lipinski definition) is 4. The van der Waals surface area contributed by atoms with Crippen molar-refractivity contribution < 1.29 is 0 Å². The lowest BCUT2D eigenvalue weighted by molar-refractivity contribution is 0.934. The summed E-state index contributed by atoms with van der Waals surface area (Å²) >= 11 is 0. The van der Waals surface area contributed by atoms with Gasteiger partial charge in [0, 0.05) is 23.9 Å². The lowest BCUT2D eigenvalue weighted by Crippen LogP contribution is -2.24. The molecule has 0 bridgehead atoms. The summed E-state index contributed by atoms with van der Waals surface area (Å²) in [5, 5.41) is 0. The summed E-state index contributed by atoms with van der Waals surface area (Å²) in [5.74, 6) is 1.87. The largest absolute Gasteiger partial charge is 0.355 e. The molecule has 3 heterocycles. The number of rotatable bonds is 4. The number of imidazole rings is 1. The number of anilines is 3. The Kier molecular flexibility index (Phi) is 5.00. The van der Waals surface area contributed by atoms with E-state index in [0.717, 1.165) is 51.9 Å². The Morgan fingerprint density at radius 1 is 0.622 bits per heavy atom. The first-order valence-corrected chi connectivity index (χ1v) is 12.4. The fourth-order valence-electron chi connectivity index (χ4n) is 5.16. The highest BCUT2D eigenvalue weighted by Gasteiger charge is 2.25. The minimum absolute atomic E-state index is 0.774. The summed E-state index contributed by atoms with van der Waals surface area (Å²) in [6, 6.07) is 41.9. The molecule has 7 rings (SSSR count). The van der Waals surface area contributed by atoms with Gasteiger partial charge in [-0.2, -0.15) is 0 Å². The van der Waals surface area contributed by atoms with E-state index < -0.39 is 0 Å². The van der Waals surface area contributed by atoms with Crippen LogP contribution in [0.1, 0.15) is 0 Å². The normalized spacial score (nSPS) is 12.8. The van der Waals surface area contributed by atoms with Gasteiger partial charge in [-0.3, -0.25) is 4.57 Å². The Bertz CT molecular complexity index is 1720. The second kappa shape index (κ2) is 8.64. The van der Waals surface area contributed by atoms with Gasteiger partial charge in [0.15, 0.2) is 0 Å². The summed E-state index contributed by atoms with van der Waals surface area (Å²) in [6.45, 7) is 0.774. The average molecular weight is 480 g/mol. The molecule has 37 heavy (non-hydrogen) atoms. The van der Waals surface area contributed by atoms with Gasteiger partial charge < -0.3 is 9.80 Å². The minimum atomic E-state index is 0.774. The smallest absolute Gasteiger partial charge is 0.145 e. The number of fused-ring (bicyclic) bond motifs is 2. The van der Waals surface area contributed by atoms with Gasteiger partial charge >= 0.3 is 0 Å². The SMILES string of the molecule is CN1CN(c2cccc(-c3ccc4nc(-c5ccccc5)n(-c5ccccc5)c4c3)n2)c2ccccc21. The Morgan fingerprint density at radius 3 is 2.16 bits per heavy atom. The molecule has 0 aliphatic carbocycles. The molecule has 4 aromatic carbocycles. The maximum Gasteiger partial charge on any atom is 0.145 e. The van der Waals surface area contributed by atoms with E-state index in [2.05, 4.69) is 131 Å². The molecule has 2 aromatic heterocycles. The van der Waals surface area contributed by atoms with E-state index in [1.807, 2.05) is 12.1 Å². The molecule has 0 fully saturated rings. The fraction of sp³-hybridized carbons (Fsp3) is 0.0625.